The highest BCUT2D eigenvalue weighted by Gasteiger charge is 2.22. The van der Waals surface area contributed by atoms with E-state index < -0.39 is 0 Å². The summed E-state index contributed by atoms with van der Waals surface area (Å²) in [5.41, 5.74) is 7.87. The van der Waals surface area contributed by atoms with Crippen molar-refractivity contribution in [2.45, 2.75) is 38.3 Å². The Morgan fingerprint density at radius 3 is 3.00 bits per heavy atom. The Morgan fingerprint density at radius 1 is 1.32 bits per heavy atom. The van der Waals surface area contributed by atoms with Crippen LogP contribution in [0, 0.1) is 0 Å². The predicted octanol–water partition coefficient (Wildman–Crippen LogP) is 3.33. The second-order valence-corrected chi connectivity index (χ2v) is 6.41. The van der Waals surface area contributed by atoms with Crippen molar-refractivity contribution in [1.82, 2.24) is 14.9 Å². The highest BCUT2D eigenvalue weighted by molar-refractivity contribution is 7.13. The first-order valence-electron chi connectivity index (χ1n) is 7.67. The van der Waals surface area contributed by atoms with E-state index in [1.54, 1.807) is 11.3 Å². The van der Waals surface area contributed by atoms with Crippen molar-refractivity contribution < 1.29 is 0 Å². The lowest BCUT2D eigenvalue weighted by Gasteiger charge is -2.35. The van der Waals surface area contributed by atoms with Crippen LogP contribution in [-0.2, 0) is 6.54 Å². The number of hydrogen-bond donors (Lipinski definition) is 1. The van der Waals surface area contributed by atoms with Crippen LogP contribution in [0.15, 0.2) is 29.8 Å². The van der Waals surface area contributed by atoms with Gasteiger partial charge in [-0.3, -0.25) is 9.88 Å². The Bertz CT molecular complexity index is 558. The van der Waals surface area contributed by atoms with Crippen molar-refractivity contribution in [3.8, 4) is 10.7 Å². The normalized spacial score (nSPS) is 18.9. The number of piperidine rings is 1. The zero-order valence-corrected chi connectivity index (χ0v) is 14.3. The van der Waals surface area contributed by atoms with Crippen LogP contribution < -0.4 is 5.73 Å². The summed E-state index contributed by atoms with van der Waals surface area (Å²) in [6.07, 6.45) is 6.81. The summed E-state index contributed by atoms with van der Waals surface area (Å²) in [7, 11) is 0. The van der Waals surface area contributed by atoms with Gasteiger partial charge >= 0.3 is 0 Å². The maximum atomic E-state index is 5.75. The quantitative estimate of drug-likeness (QED) is 0.908. The molecule has 1 unspecified atom stereocenters. The van der Waals surface area contributed by atoms with E-state index in [1.807, 2.05) is 24.4 Å². The molecule has 2 N–H and O–H groups in total. The molecule has 0 aromatic carbocycles. The average Bonchev–Trinajstić information content (AvgIpc) is 2.99. The third-order valence-corrected chi connectivity index (χ3v) is 4.96. The van der Waals surface area contributed by atoms with Crippen molar-refractivity contribution in [2.24, 2.45) is 5.73 Å². The van der Waals surface area contributed by atoms with Crippen LogP contribution in [0.3, 0.4) is 0 Å². The molecule has 3 heterocycles. The lowest BCUT2D eigenvalue weighted by molar-refractivity contribution is 0.132. The summed E-state index contributed by atoms with van der Waals surface area (Å²) >= 11 is 1.68. The molecule has 0 spiro atoms. The lowest BCUT2D eigenvalue weighted by atomic mass is 9.99. The van der Waals surface area contributed by atoms with Crippen LogP contribution in [0.25, 0.3) is 10.7 Å². The molecule has 1 aliphatic heterocycles. The molecule has 1 atom stereocenters. The first-order valence-corrected chi connectivity index (χ1v) is 8.54. The van der Waals surface area contributed by atoms with E-state index in [2.05, 4.69) is 15.3 Å². The summed E-state index contributed by atoms with van der Waals surface area (Å²) < 4.78 is 0. The molecule has 1 fully saturated rings. The van der Waals surface area contributed by atoms with E-state index in [0.717, 1.165) is 35.9 Å². The maximum Gasteiger partial charge on any atom is 0.142 e. The summed E-state index contributed by atoms with van der Waals surface area (Å²) in [5, 5.41) is 3.18. The molecule has 6 heteroatoms. The summed E-state index contributed by atoms with van der Waals surface area (Å²) in [5.74, 6) is 0. The Balaban J connectivity index is 0.00000176. The van der Waals surface area contributed by atoms with Crippen molar-refractivity contribution in [1.29, 1.82) is 0 Å². The molecule has 22 heavy (non-hydrogen) atoms. The summed E-state index contributed by atoms with van der Waals surface area (Å²) in [6.45, 7) is 2.88. The minimum absolute atomic E-state index is 0. The van der Waals surface area contributed by atoms with Gasteiger partial charge in [-0.1, -0.05) is 12.5 Å². The van der Waals surface area contributed by atoms with Gasteiger partial charge < -0.3 is 5.73 Å². The summed E-state index contributed by atoms with van der Waals surface area (Å²) in [6, 6.07) is 6.58. The third-order valence-electron chi connectivity index (χ3n) is 4.05. The molecule has 0 bridgehead atoms. The highest BCUT2D eigenvalue weighted by Crippen LogP contribution is 2.25. The number of halogens is 1. The van der Waals surface area contributed by atoms with Crippen molar-refractivity contribution >= 4 is 23.7 Å². The van der Waals surface area contributed by atoms with Crippen LogP contribution >= 0.6 is 23.7 Å². The van der Waals surface area contributed by atoms with Crippen LogP contribution in [0.4, 0.5) is 0 Å². The number of rotatable bonds is 5. The number of likely N-dealkylation sites (tertiary alicyclic amines) is 1. The van der Waals surface area contributed by atoms with Crippen molar-refractivity contribution in [3.05, 3.63) is 35.5 Å². The van der Waals surface area contributed by atoms with Crippen LogP contribution in [0.2, 0.25) is 0 Å². The molecule has 4 nitrogen and oxygen atoms in total. The highest BCUT2D eigenvalue weighted by atomic mass is 35.5. The Morgan fingerprint density at radius 2 is 2.23 bits per heavy atom. The third kappa shape index (κ3) is 4.26. The Hall–Kier alpha value is -1.01. The Kier molecular flexibility index (Phi) is 6.76. The maximum absolute atomic E-state index is 5.75. The van der Waals surface area contributed by atoms with Crippen molar-refractivity contribution in [2.75, 3.05) is 13.1 Å². The zero-order chi connectivity index (χ0) is 14.5. The van der Waals surface area contributed by atoms with Crippen LogP contribution in [0.1, 0.15) is 31.4 Å². The van der Waals surface area contributed by atoms with Gasteiger partial charge in [-0.15, -0.1) is 23.7 Å². The minimum Gasteiger partial charge on any atom is -0.330 e. The number of nitrogens with zero attached hydrogens (tertiary/aromatic N) is 3. The molecular formula is C16H23ClN4S. The van der Waals surface area contributed by atoms with Gasteiger partial charge in [0.1, 0.15) is 5.01 Å². The van der Waals surface area contributed by atoms with E-state index >= 15 is 0 Å². The van der Waals surface area contributed by atoms with Crippen LogP contribution in [-0.4, -0.2) is 34.0 Å². The fourth-order valence-electron chi connectivity index (χ4n) is 2.98. The average molecular weight is 339 g/mol. The van der Waals surface area contributed by atoms with E-state index in [0.29, 0.717) is 6.04 Å². The van der Waals surface area contributed by atoms with Gasteiger partial charge in [0, 0.05) is 24.2 Å². The smallest absolute Gasteiger partial charge is 0.142 e. The molecule has 0 radical (unpaired) electrons. The van der Waals surface area contributed by atoms with E-state index in [-0.39, 0.29) is 12.4 Å². The molecule has 2 aromatic heterocycles. The first-order chi connectivity index (χ1) is 10.4. The van der Waals surface area contributed by atoms with Gasteiger partial charge in [0.2, 0.25) is 0 Å². The van der Waals surface area contributed by atoms with Gasteiger partial charge in [0.25, 0.3) is 0 Å². The molecule has 1 aliphatic rings. The number of thiazole rings is 1. The fraction of sp³-hybridized carbons (Fsp3) is 0.500. The fourth-order valence-corrected chi connectivity index (χ4v) is 3.77. The van der Waals surface area contributed by atoms with Gasteiger partial charge in [0.15, 0.2) is 0 Å². The molecule has 2 aromatic rings. The molecule has 1 saturated heterocycles. The number of hydrogen-bond acceptors (Lipinski definition) is 5. The second-order valence-electron chi connectivity index (χ2n) is 5.56. The molecule has 120 valence electrons. The van der Waals surface area contributed by atoms with Gasteiger partial charge in [-0.2, -0.15) is 0 Å². The van der Waals surface area contributed by atoms with Crippen molar-refractivity contribution in [3.63, 3.8) is 0 Å². The molecule has 3 rings (SSSR count). The topological polar surface area (TPSA) is 55.0 Å². The monoisotopic (exact) mass is 338 g/mol. The number of aromatic nitrogens is 2. The number of nitrogens with two attached hydrogens (primary N) is 1. The first kappa shape index (κ1) is 17.3. The lowest BCUT2D eigenvalue weighted by Crippen LogP contribution is -2.40. The van der Waals surface area contributed by atoms with E-state index in [9.17, 15) is 0 Å². The predicted molar refractivity (Wildman–Crippen MR) is 94.3 cm³/mol. The minimum atomic E-state index is 0. The molecule has 0 saturated carbocycles. The molecule has 0 amide bonds. The second kappa shape index (κ2) is 8.58. The number of pyridine rings is 1. The Labute approximate surface area is 142 Å². The van der Waals surface area contributed by atoms with E-state index in [1.165, 1.54) is 25.8 Å². The van der Waals surface area contributed by atoms with Gasteiger partial charge in [-0.05, 0) is 44.5 Å². The van der Waals surface area contributed by atoms with Gasteiger partial charge in [-0.25, -0.2) is 4.98 Å². The molecule has 0 aliphatic carbocycles. The zero-order valence-electron chi connectivity index (χ0n) is 12.6. The summed E-state index contributed by atoms with van der Waals surface area (Å²) in [4.78, 5) is 11.7. The SMILES string of the molecule is Cl.NCCC1CCCCN1Cc1csc(-c2ccccn2)n1. The standard InChI is InChI=1S/C16H22N4S.ClH/c17-8-7-14-5-2-4-10-20(14)11-13-12-21-16(19-13)15-6-1-3-9-18-15;/h1,3,6,9,12,14H,2,4-5,7-8,10-11,17H2;1H. The van der Waals surface area contributed by atoms with Gasteiger partial charge in [0.05, 0.1) is 11.4 Å². The molecular weight excluding hydrogens is 316 g/mol. The largest absolute Gasteiger partial charge is 0.330 e. The van der Waals surface area contributed by atoms with Crippen LogP contribution in [0.5, 0.6) is 0 Å². The van der Waals surface area contributed by atoms with E-state index in [4.69, 9.17) is 10.7 Å².